The van der Waals surface area contributed by atoms with E-state index < -0.39 is 0 Å². The van der Waals surface area contributed by atoms with Gasteiger partial charge in [-0.2, -0.15) is 0 Å². The Labute approximate surface area is 202 Å². The number of amides is 2. The Balaban J connectivity index is 1.66. The molecule has 3 N–H and O–H groups in total. The molecule has 2 aromatic rings. The van der Waals surface area contributed by atoms with Gasteiger partial charge in [0.15, 0.2) is 11.4 Å². The normalized spacial score (nSPS) is 17.3. The second-order valence-corrected chi connectivity index (χ2v) is 9.38. The molecule has 7 nitrogen and oxygen atoms in total. The maximum Gasteiger partial charge on any atom is 0.273 e. The lowest BCUT2D eigenvalue weighted by Crippen LogP contribution is -2.35. The first kappa shape index (κ1) is 25.8. The highest BCUT2D eigenvalue weighted by Gasteiger charge is 2.22. The highest BCUT2D eigenvalue weighted by atomic mass is 16.4. The van der Waals surface area contributed by atoms with E-state index in [-0.39, 0.29) is 35.0 Å². The minimum atomic E-state index is -0.239. The first-order valence-electron chi connectivity index (χ1n) is 12.9. The summed E-state index contributed by atoms with van der Waals surface area (Å²) >= 11 is 0. The van der Waals surface area contributed by atoms with E-state index in [1.165, 1.54) is 64.2 Å². The molecule has 1 aromatic carbocycles. The fraction of sp³-hybridized carbons (Fsp3) is 0.593. The summed E-state index contributed by atoms with van der Waals surface area (Å²) in [5, 5.41) is 16.1. The van der Waals surface area contributed by atoms with Crippen molar-refractivity contribution in [1.29, 1.82) is 0 Å². The van der Waals surface area contributed by atoms with Crippen LogP contribution in [0.5, 0.6) is 5.75 Å². The number of aromatic nitrogens is 1. The summed E-state index contributed by atoms with van der Waals surface area (Å²) in [5.41, 5.74) is 0.812. The summed E-state index contributed by atoms with van der Waals surface area (Å²) in [7, 11) is 0. The molecule has 0 saturated heterocycles. The van der Waals surface area contributed by atoms with E-state index in [9.17, 15) is 14.7 Å². The van der Waals surface area contributed by atoms with Crippen molar-refractivity contribution in [2.45, 2.75) is 103 Å². The Hall–Kier alpha value is -2.83. The standard InChI is InChI=1S/C27H39N3O4/c1-20-24(30-27(34-20)22-17-14-18-23(25(22)32)28-19-31)26(33)29-21-15-12-10-8-6-4-2-3-5-7-9-11-13-16-21/h14,17-19,21,32H,2-13,15-16H2,1H3,(H,28,31)(H,29,33). The van der Waals surface area contributed by atoms with Crippen LogP contribution >= 0.6 is 0 Å². The molecule has 0 atom stereocenters. The Morgan fingerprint density at radius 2 is 1.53 bits per heavy atom. The number of nitrogens with zero attached hydrogens (tertiary/aromatic N) is 1. The molecule has 0 spiro atoms. The fourth-order valence-electron chi connectivity index (χ4n) is 4.71. The van der Waals surface area contributed by atoms with Gasteiger partial charge in [-0.15, -0.1) is 0 Å². The Morgan fingerprint density at radius 3 is 2.09 bits per heavy atom. The average molecular weight is 470 g/mol. The Bertz CT molecular complexity index is 909. The van der Waals surface area contributed by atoms with Crippen LogP contribution < -0.4 is 10.6 Å². The number of hydrogen-bond acceptors (Lipinski definition) is 5. The maximum atomic E-state index is 13.1. The molecule has 3 rings (SSSR count). The lowest BCUT2D eigenvalue weighted by molar-refractivity contribution is -0.105. The first-order valence-corrected chi connectivity index (χ1v) is 12.9. The third-order valence-electron chi connectivity index (χ3n) is 6.68. The topological polar surface area (TPSA) is 104 Å². The number of benzene rings is 1. The van der Waals surface area contributed by atoms with Crippen LogP contribution in [0.3, 0.4) is 0 Å². The van der Waals surface area contributed by atoms with Crippen molar-refractivity contribution in [2.75, 3.05) is 5.32 Å². The van der Waals surface area contributed by atoms with Gasteiger partial charge in [-0.1, -0.05) is 83.1 Å². The highest BCUT2D eigenvalue weighted by molar-refractivity contribution is 5.94. The number of hydrogen-bond donors (Lipinski definition) is 3. The monoisotopic (exact) mass is 469 g/mol. The molecule has 1 aromatic heterocycles. The second-order valence-electron chi connectivity index (χ2n) is 9.38. The van der Waals surface area contributed by atoms with Crippen LogP contribution in [0.15, 0.2) is 22.6 Å². The van der Waals surface area contributed by atoms with Gasteiger partial charge in [0.05, 0.1) is 11.3 Å². The number of aryl methyl sites for hydroxylation is 1. The molecule has 1 aliphatic rings. The maximum absolute atomic E-state index is 13.1. The molecular weight excluding hydrogens is 430 g/mol. The number of phenolic OH excluding ortho intramolecular Hbond substituents is 1. The summed E-state index contributed by atoms with van der Waals surface area (Å²) in [4.78, 5) is 28.3. The van der Waals surface area contributed by atoms with Crippen LogP contribution in [0.4, 0.5) is 5.69 Å². The summed E-state index contributed by atoms with van der Waals surface area (Å²) in [5.74, 6) is 0.163. The summed E-state index contributed by atoms with van der Waals surface area (Å²) in [6, 6.07) is 5.02. The first-order chi connectivity index (χ1) is 16.6. The number of aromatic hydroxyl groups is 1. The van der Waals surface area contributed by atoms with Crippen LogP contribution in [0.25, 0.3) is 11.5 Å². The minimum Gasteiger partial charge on any atom is -0.505 e. The van der Waals surface area contributed by atoms with Gasteiger partial charge < -0.3 is 20.2 Å². The number of nitrogens with one attached hydrogen (secondary N) is 2. The summed E-state index contributed by atoms with van der Waals surface area (Å²) < 4.78 is 5.73. The molecule has 1 fully saturated rings. The van der Waals surface area contributed by atoms with Crippen LogP contribution in [-0.4, -0.2) is 28.4 Å². The van der Waals surface area contributed by atoms with Gasteiger partial charge in [-0.3, -0.25) is 9.59 Å². The molecule has 1 saturated carbocycles. The van der Waals surface area contributed by atoms with Gasteiger partial charge in [0.1, 0.15) is 5.76 Å². The number of carbonyl (C=O) groups excluding carboxylic acids is 2. The Kier molecular flexibility index (Phi) is 10.4. The number of rotatable bonds is 5. The van der Waals surface area contributed by atoms with Gasteiger partial charge >= 0.3 is 0 Å². The van der Waals surface area contributed by atoms with E-state index in [0.29, 0.717) is 17.7 Å². The van der Waals surface area contributed by atoms with E-state index in [2.05, 4.69) is 15.6 Å². The van der Waals surface area contributed by atoms with Crippen LogP contribution in [0, 0.1) is 6.92 Å². The van der Waals surface area contributed by atoms with Crippen LogP contribution in [-0.2, 0) is 4.79 Å². The molecule has 0 radical (unpaired) electrons. The summed E-state index contributed by atoms with van der Waals surface area (Å²) in [6.45, 7) is 1.70. The highest BCUT2D eigenvalue weighted by Crippen LogP contribution is 2.35. The van der Waals surface area contributed by atoms with Gasteiger partial charge in [0, 0.05) is 6.04 Å². The second kappa shape index (κ2) is 13.8. The molecule has 7 heteroatoms. The van der Waals surface area contributed by atoms with Crippen molar-refractivity contribution in [3.05, 3.63) is 29.7 Å². The molecule has 2 amide bonds. The predicted octanol–water partition coefficient (Wildman–Crippen LogP) is 6.50. The fourth-order valence-corrected chi connectivity index (χ4v) is 4.71. The molecule has 0 unspecified atom stereocenters. The number of phenols is 1. The van der Waals surface area contributed by atoms with Crippen molar-refractivity contribution < 1.29 is 19.1 Å². The van der Waals surface area contributed by atoms with E-state index >= 15 is 0 Å². The van der Waals surface area contributed by atoms with E-state index in [0.717, 1.165) is 25.7 Å². The molecular formula is C27H39N3O4. The van der Waals surface area contributed by atoms with Crippen molar-refractivity contribution >= 4 is 18.0 Å². The number of carbonyl (C=O) groups is 2. The lowest BCUT2D eigenvalue weighted by atomic mass is 10.0. The van der Waals surface area contributed by atoms with Gasteiger partial charge in [-0.05, 0) is 31.9 Å². The predicted molar refractivity (Wildman–Crippen MR) is 134 cm³/mol. The zero-order valence-electron chi connectivity index (χ0n) is 20.4. The van der Waals surface area contributed by atoms with Crippen molar-refractivity contribution in [2.24, 2.45) is 0 Å². The largest absolute Gasteiger partial charge is 0.505 e. The molecule has 0 bridgehead atoms. The number of oxazole rings is 1. The summed E-state index contributed by atoms with van der Waals surface area (Å²) in [6.07, 6.45) is 17.7. The molecule has 186 valence electrons. The van der Waals surface area contributed by atoms with Crippen molar-refractivity contribution in [1.82, 2.24) is 10.3 Å². The third-order valence-corrected chi connectivity index (χ3v) is 6.68. The van der Waals surface area contributed by atoms with Gasteiger partial charge in [0.25, 0.3) is 5.91 Å². The zero-order valence-corrected chi connectivity index (χ0v) is 20.4. The van der Waals surface area contributed by atoms with Gasteiger partial charge in [-0.25, -0.2) is 4.98 Å². The van der Waals surface area contributed by atoms with E-state index in [1.54, 1.807) is 25.1 Å². The Morgan fingerprint density at radius 1 is 0.971 bits per heavy atom. The van der Waals surface area contributed by atoms with Crippen molar-refractivity contribution in [3.8, 4) is 17.2 Å². The van der Waals surface area contributed by atoms with Crippen molar-refractivity contribution in [3.63, 3.8) is 0 Å². The number of para-hydroxylation sites is 1. The SMILES string of the molecule is Cc1oc(-c2cccc(NC=O)c2O)nc1C(=O)NC1CCCCCCCCCCCCCC1. The third kappa shape index (κ3) is 7.61. The smallest absolute Gasteiger partial charge is 0.273 e. The lowest BCUT2D eigenvalue weighted by Gasteiger charge is -2.18. The molecule has 34 heavy (non-hydrogen) atoms. The molecule has 0 aliphatic heterocycles. The van der Waals surface area contributed by atoms with E-state index in [4.69, 9.17) is 4.42 Å². The van der Waals surface area contributed by atoms with Crippen LogP contribution in [0.2, 0.25) is 0 Å². The molecule has 1 aliphatic carbocycles. The zero-order chi connectivity index (χ0) is 24.2. The van der Waals surface area contributed by atoms with E-state index in [1.807, 2.05) is 0 Å². The minimum absolute atomic E-state index is 0.130. The quantitative estimate of drug-likeness (QED) is 0.342. The van der Waals surface area contributed by atoms with Crippen LogP contribution in [0.1, 0.15) is 106 Å². The molecule has 1 heterocycles. The number of anilines is 1. The van der Waals surface area contributed by atoms with Gasteiger partial charge in [0.2, 0.25) is 12.3 Å². The average Bonchev–Trinajstić information content (AvgIpc) is 3.20.